The number of fused-ring (bicyclic) bond motifs is 1. The molecule has 1 saturated heterocycles. The van der Waals surface area contributed by atoms with E-state index in [0.29, 0.717) is 0 Å². The van der Waals surface area contributed by atoms with Gasteiger partial charge in [0.05, 0.1) is 15.8 Å². The second-order valence-corrected chi connectivity index (χ2v) is 13.8. The fourth-order valence-corrected chi connectivity index (χ4v) is 7.86. The zero-order chi connectivity index (χ0) is 26.4. The maximum absolute atomic E-state index is 14.0. The molecule has 6 nitrogen and oxygen atoms in total. The highest BCUT2D eigenvalue weighted by molar-refractivity contribution is 7.89. The van der Waals surface area contributed by atoms with Crippen LogP contribution < -0.4 is 0 Å². The first-order valence-electron chi connectivity index (χ1n) is 12.1. The van der Waals surface area contributed by atoms with Crippen molar-refractivity contribution >= 4 is 20.0 Å². The van der Waals surface area contributed by atoms with E-state index >= 15 is 0 Å². The third-order valence-electron chi connectivity index (χ3n) is 7.18. The minimum Gasteiger partial charge on any atom is -0.262 e. The lowest BCUT2D eigenvalue weighted by atomic mass is 9.85. The van der Waals surface area contributed by atoms with Crippen molar-refractivity contribution in [1.29, 1.82) is 0 Å². The van der Waals surface area contributed by atoms with Crippen LogP contribution in [0.15, 0.2) is 113 Å². The van der Waals surface area contributed by atoms with E-state index in [2.05, 4.69) is 0 Å². The largest absolute Gasteiger partial charge is 0.264 e. The molecule has 0 unspecified atom stereocenters. The molecule has 3 aromatic carbocycles. The van der Waals surface area contributed by atoms with Crippen LogP contribution in [0.3, 0.4) is 0 Å². The maximum Gasteiger partial charge on any atom is 0.264 e. The summed E-state index contributed by atoms with van der Waals surface area (Å²) in [5.41, 5.74) is 2.86. The predicted molar refractivity (Wildman–Crippen MR) is 145 cm³/mol. The summed E-state index contributed by atoms with van der Waals surface area (Å²) in [5, 5.41) is 0. The van der Waals surface area contributed by atoms with Gasteiger partial charge in [0.25, 0.3) is 10.0 Å². The Labute approximate surface area is 219 Å². The predicted octanol–water partition coefficient (Wildman–Crippen LogP) is 5.20. The van der Waals surface area contributed by atoms with Crippen molar-refractivity contribution in [2.75, 3.05) is 13.1 Å². The third kappa shape index (κ3) is 4.65. The standard InChI is InChI=1S/C29H30N2O4S2/c1-22-9-13-26(14-10-22)36(32,33)30-19-25-20-31(37(34,35)27-15-11-23(2)12-16-27)28(17-18-29(25,3)21-30)24-7-5-4-6-8-24/h4-18,20,28H,19,21H2,1-3H3/t28-,29+/m1/s1. The normalized spacial score (nSPS) is 22.4. The van der Waals surface area contributed by atoms with Crippen LogP contribution in [-0.4, -0.2) is 38.5 Å². The molecule has 5 rings (SSSR count). The molecule has 3 aromatic rings. The topological polar surface area (TPSA) is 74.8 Å². The van der Waals surface area contributed by atoms with Crippen molar-refractivity contribution in [3.8, 4) is 0 Å². The van der Waals surface area contributed by atoms with Crippen molar-refractivity contribution in [3.63, 3.8) is 0 Å². The molecule has 192 valence electrons. The summed E-state index contributed by atoms with van der Waals surface area (Å²) < 4.78 is 57.7. The first-order valence-corrected chi connectivity index (χ1v) is 15.0. The monoisotopic (exact) mass is 534 g/mol. The molecule has 8 heteroatoms. The first kappa shape index (κ1) is 25.4. The van der Waals surface area contributed by atoms with E-state index in [1.807, 2.05) is 63.3 Å². The lowest BCUT2D eigenvalue weighted by molar-refractivity contribution is 0.428. The Balaban J connectivity index is 1.60. The van der Waals surface area contributed by atoms with Gasteiger partial charge < -0.3 is 0 Å². The summed E-state index contributed by atoms with van der Waals surface area (Å²) in [4.78, 5) is 0.420. The van der Waals surface area contributed by atoms with Crippen molar-refractivity contribution in [2.24, 2.45) is 5.41 Å². The SMILES string of the molecule is Cc1ccc(S(=O)(=O)N2CC3=CN(S(=O)(=O)c4ccc(C)cc4)[C@@H](c4ccccc4)C=C[C@@]3(C)C2)cc1. The van der Waals surface area contributed by atoms with E-state index in [4.69, 9.17) is 0 Å². The van der Waals surface area contributed by atoms with Crippen molar-refractivity contribution in [2.45, 2.75) is 36.6 Å². The van der Waals surface area contributed by atoms with Crippen LogP contribution in [-0.2, 0) is 20.0 Å². The van der Waals surface area contributed by atoms with E-state index in [0.717, 1.165) is 22.3 Å². The molecule has 37 heavy (non-hydrogen) atoms. The van der Waals surface area contributed by atoms with Gasteiger partial charge in [0.2, 0.25) is 10.0 Å². The molecule has 2 atom stereocenters. The average molecular weight is 535 g/mol. The van der Waals surface area contributed by atoms with Crippen LogP contribution in [0.5, 0.6) is 0 Å². The molecule has 0 saturated carbocycles. The van der Waals surface area contributed by atoms with E-state index in [1.54, 1.807) is 54.7 Å². The van der Waals surface area contributed by atoms with E-state index < -0.39 is 31.5 Å². The summed E-state index contributed by atoms with van der Waals surface area (Å²) >= 11 is 0. The first-order chi connectivity index (χ1) is 17.5. The van der Waals surface area contributed by atoms with E-state index in [1.165, 1.54) is 8.61 Å². The Hall–Kier alpha value is -3.20. The molecule has 2 aliphatic heterocycles. The Morgan fingerprint density at radius 2 is 1.30 bits per heavy atom. The fraction of sp³-hybridized carbons (Fsp3) is 0.241. The minimum absolute atomic E-state index is 0.110. The number of aryl methyl sites for hydroxylation is 2. The van der Waals surface area contributed by atoms with Crippen LogP contribution in [0.4, 0.5) is 0 Å². The van der Waals surface area contributed by atoms with Gasteiger partial charge in [0, 0.05) is 24.7 Å². The van der Waals surface area contributed by atoms with Crippen LogP contribution in [0.1, 0.15) is 29.7 Å². The highest BCUT2D eigenvalue weighted by atomic mass is 32.2. The fourth-order valence-electron chi connectivity index (χ4n) is 4.85. The zero-order valence-corrected chi connectivity index (χ0v) is 22.7. The number of hydrogen-bond donors (Lipinski definition) is 0. The highest BCUT2D eigenvalue weighted by Gasteiger charge is 2.45. The second-order valence-electron chi connectivity index (χ2n) is 10.0. The smallest absolute Gasteiger partial charge is 0.262 e. The van der Waals surface area contributed by atoms with Crippen molar-refractivity contribution < 1.29 is 16.8 Å². The molecule has 2 heterocycles. The zero-order valence-electron chi connectivity index (χ0n) is 21.1. The number of rotatable bonds is 5. The van der Waals surface area contributed by atoms with Crippen molar-refractivity contribution in [1.82, 2.24) is 8.61 Å². The van der Waals surface area contributed by atoms with Gasteiger partial charge in [-0.05, 0) is 49.2 Å². The Morgan fingerprint density at radius 3 is 1.86 bits per heavy atom. The molecular weight excluding hydrogens is 504 g/mol. The number of sulfonamides is 2. The van der Waals surface area contributed by atoms with Gasteiger partial charge in [-0.15, -0.1) is 0 Å². The van der Waals surface area contributed by atoms with Gasteiger partial charge in [-0.25, -0.2) is 16.8 Å². The molecule has 0 amide bonds. The number of benzene rings is 3. The summed E-state index contributed by atoms with van der Waals surface area (Å²) in [6.07, 6.45) is 5.50. The van der Waals surface area contributed by atoms with Gasteiger partial charge >= 0.3 is 0 Å². The molecule has 0 radical (unpaired) electrons. The maximum atomic E-state index is 14.0. The average Bonchev–Trinajstić information content (AvgIpc) is 3.14. The molecule has 0 aliphatic carbocycles. The van der Waals surface area contributed by atoms with Gasteiger partial charge in [-0.2, -0.15) is 4.31 Å². The van der Waals surface area contributed by atoms with Crippen LogP contribution >= 0.6 is 0 Å². The van der Waals surface area contributed by atoms with Crippen molar-refractivity contribution in [3.05, 3.63) is 119 Å². The molecule has 0 aromatic heterocycles. The van der Waals surface area contributed by atoms with Crippen LogP contribution in [0.25, 0.3) is 0 Å². The van der Waals surface area contributed by atoms with Gasteiger partial charge in [0.1, 0.15) is 0 Å². The Bertz CT molecular complexity index is 1580. The summed E-state index contributed by atoms with van der Waals surface area (Å²) in [6, 6.07) is 22.5. The Morgan fingerprint density at radius 1 is 0.757 bits per heavy atom. The third-order valence-corrected chi connectivity index (χ3v) is 10.7. The molecule has 2 aliphatic rings. The molecular formula is C29H30N2O4S2. The molecule has 0 N–H and O–H groups in total. The van der Waals surface area contributed by atoms with E-state index in [9.17, 15) is 16.8 Å². The summed E-state index contributed by atoms with van der Waals surface area (Å²) in [6.45, 7) is 6.12. The van der Waals surface area contributed by atoms with Crippen LogP contribution in [0, 0.1) is 19.3 Å². The molecule has 0 spiro atoms. The summed E-state index contributed by atoms with van der Waals surface area (Å²) in [5.74, 6) is 0. The second kappa shape index (κ2) is 9.28. The summed E-state index contributed by atoms with van der Waals surface area (Å²) in [7, 11) is -7.69. The van der Waals surface area contributed by atoms with Gasteiger partial charge in [-0.3, -0.25) is 4.31 Å². The lowest BCUT2D eigenvalue weighted by Gasteiger charge is -2.28. The minimum atomic E-state index is -3.94. The van der Waals surface area contributed by atoms with Gasteiger partial charge in [0.15, 0.2) is 0 Å². The number of hydrogen-bond acceptors (Lipinski definition) is 4. The van der Waals surface area contributed by atoms with E-state index in [-0.39, 0.29) is 22.9 Å². The van der Waals surface area contributed by atoms with Gasteiger partial charge in [-0.1, -0.05) is 84.8 Å². The molecule has 0 bridgehead atoms. The lowest BCUT2D eigenvalue weighted by Crippen LogP contribution is -2.31. The quantitative estimate of drug-likeness (QED) is 0.422. The highest BCUT2D eigenvalue weighted by Crippen LogP contribution is 2.44. The number of nitrogens with zero attached hydrogens (tertiary/aromatic N) is 2. The molecule has 1 fully saturated rings. The van der Waals surface area contributed by atoms with Crippen LogP contribution in [0.2, 0.25) is 0 Å². The Kier molecular flexibility index (Phi) is 6.38.